The van der Waals surface area contributed by atoms with E-state index in [9.17, 15) is 35.9 Å². The first-order valence-corrected chi connectivity index (χ1v) is 8.73. The number of halogens is 6. The molecule has 1 saturated heterocycles. The zero-order valence-electron chi connectivity index (χ0n) is 15.2. The van der Waals surface area contributed by atoms with E-state index < -0.39 is 37.4 Å². The van der Waals surface area contributed by atoms with E-state index in [-0.39, 0.29) is 31.7 Å². The number of nitrogens with zero attached hydrogens (tertiary/aromatic N) is 2. The Labute approximate surface area is 162 Å². The SMILES string of the molecule is O=C(NCC(F)(F)F)c1ccc(NC(=O)N2CCCN(CC(F)(F)F)CC2)cc1. The number of alkyl halides is 6. The van der Waals surface area contributed by atoms with Crippen LogP contribution in [0.15, 0.2) is 24.3 Å². The van der Waals surface area contributed by atoms with Crippen LogP contribution in [0.5, 0.6) is 0 Å². The first-order valence-electron chi connectivity index (χ1n) is 8.73. The van der Waals surface area contributed by atoms with E-state index in [2.05, 4.69) is 5.32 Å². The molecule has 0 atom stereocenters. The molecule has 0 aromatic heterocycles. The summed E-state index contributed by atoms with van der Waals surface area (Å²) in [5, 5.41) is 4.29. The van der Waals surface area contributed by atoms with E-state index in [0.29, 0.717) is 12.1 Å². The van der Waals surface area contributed by atoms with Gasteiger partial charge in [-0.1, -0.05) is 0 Å². The van der Waals surface area contributed by atoms with Crippen LogP contribution in [0, 0.1) is 0 Å². The third-order valence-corrected chi connectivity index (χ3v) is 4.13. The van der Waals surface area contributed by atoms with Crippen molar-refractivity contribution in [3.63, 3.8) is 0 Å². The second-order valence-corrected chi connectivity index (χ2v) is 6.54. The number of hydrogen-bond acceptors (Lipinski definition) is 3. The van der Waals surface area contributed by atoms with Gasteiger partial charge in [-0.3, -0.25) is 9.69 Å². The van der Waals surface area contributed by atoms with Gasteiger partial charge in [-0.05, 0) is 30.7 Å². The summed E-state index contributed by atoms with van der Waals surface area (Å²) in [6.07, 6.45) is -8.43. The molecule has 2 rings (SSSR count). The molecule has 6 nitrogen and oxygen atoms in total. The smallest absolute Gasteiger partial charge is 0.343 e. The molecule has 12 heteroatoms. The number of urea groups is 1. The number of hydrogen-bond donors (Lipinski definition) is 2. The van der Waals surface area contributed by atoms with E-state index in [0.717, 1.165) is 0 Å². The van der Waals surface area contributed by atoms with Crippen LogP contribution >= 0.6 is 0 Å². The van der Waals surface area contributed by atoms with Crippen molar-refractivity contribution in [2.24, 2.45) is 0 Å². The molecule has 1 aromatic rings. The third kappa shape index (κ3) is 8.18. The van der Waals surface area contributed by atoms with Gasteiger partial charge in [0.1, 0.15) is 6.54 Å². The lowest BCUT2D eigenvalue weighted by Gasteiger charge is -2.23. The Kier molecular flexibility index (Phi) is 7.33. The van der Waals surface area contributed by atoms with Crippen LogP contribution in [-0.2, 0) is 0 Å². The zero-order valence-corrected chi connectivity index (χ0v) is 15.2. The molecular weight excluding hydrogens is 406 g/mol. The maximum atomic E-state index is 12.5. The fourth-order valence-electron chi connectivity index (χ4n) is 2.78. The summed E-state index contributed by atoms with van der Waals surface area (Å²) in [5.41, 5.74) is 0.295. The van der Waals surface area contributed by atoms with Gasteiger partial charge in [-0.2, -0.15) is 26.3 Å². The van der Waals surface area contributed by atoms with Crippen LogP contribution < -0.4 is 10.6 Å². The van der Waals surface area contributed by atoms with E-state index >= 15 is 0 Å². The Bertz CT molecular complexity index is 705. The highest BCUT2D eigenvalue weighted by molar-refractivity contribution is 5.95. The summed E-state index contributed by atoms with van der Waals surface area (Å²) in [5.74, 6) is -0.905. The maximum absolute atomic E-state index is 12.5. The summed E-state index contributed by atoms with van der Waals surface area (Å²) in [6, 6.07) is 4.72. The van der Waals surface area contributed by atoms with Crippen molar-refractivity contribution >= 4 is 17.6 Å². The lowest BCUT2D eigenvalue weighted by atomic mass is 10.2. The third-order valence-electron chi connectivity index (χ3n) is 4.13. The van der Waals surface area contributed by atoms with E-state index in [4.69, 9.17) is 0 Å². The lowest BCUT2D eigenvalue weighted by molar-refractivity contribution is -0.145. The van der Waals surface area contributed by atoms with Crippen LogP contribution in [0.2, 0.25) is 0 Å². The Morgan fingerprint density at radius 3 is 2.14 bits per heavy atom. The van der Waals surface area contributed by atoms with Gasteiger partial charge >= 0.3 is 18.4 Å². The minimum atomic E-state index is -4.52. The van der Waals surface area contributed by atoms with Crippen molar-refractivity contribution in [2.75, 3.05) is 44.6 Å². The van der Waals surface area contributed by atoms with Crippen LogP contribution in [0.4, 0.5) is 36.8 Å². The maximum Gasteiger partial charge on any atom is 0.405 e. The largest absolute Gasteiger partial charge is 0.405 e. The van der Waals surface area contributed by atoms with Gasteiger partial charge in [0, 0.05) is 37.4 Å². The van der Waals surface area contributed by atoms with Gasteiger partial charge in [0.15, 0.2) is 0 Å². The van der Waals surface area contributed by atoms with Gasteiger partial charge in [-0.15, -0.1) is 0 Å². The van der Waals surface area contributed by atoms with E-state index in [1.165, 1.54) is 34.1 Å². The molecule has 3 amide bonds. The van der Waals surface area contributed by atoms with Gasteiger partial charge in [-0.25, -0.2) is 4.79 Å². The highest BCUT2D eigenvalue weighted by atomic mass is 19.4. The minimum Gasteiger partial charge on any atom is -0.343 e. The molecule has 1 fully saturated rings. The average Bonchev–Trinajstić information content (AvgIpc) is 2.84. The number of amides is 3. The molecule has 0 aliphatic carbocycles. The molecule has 0 bridgehead atoms. The van der Waals surface area contributed by atoms with Crippen molar-refractivity contribution in [3.05, 3.63) is 29.8 Å². The number of nitrogens with one attached hydrogen (secondary N) is 2. The van der Waals surface area contributed by atoms with Crippen LogP contribution in [0.25, 0.3) is 0 Å². The Morgan fingerprint density at radius 1 is 0.897 bits per heavy atom. The predicted molar refractivity (Wildman–Crippen MR) is 92.5 cm³/mol. The van der Waals surface area contributed by atoms with Crippen molar-refractivity contribution in [1.29, 1.82) is 0 Å². The summed E-state index contributed by atoms with van der Waals surface area (Å²) < 4.78 is 73.9. The second-order valence-electron chi connectivity index (χ2n) is 6.54. The molecule has 1 aromatic carbocycles. The van der Waals surface area contributed by atoms with Crippen molar-refractivity contribution in [3.8, 4) is 0 Å². The van der Waals surface area contributed by atoms with Gasteiger partial charge in [0.2, 0.25) is 0 Å². The van der Waals surface area contributed by atoms with Crippen molar-refractivity contribution in [1.82, 2.24) is 15.1 Å². The Hall–Kier alpha value is -2.50. The van der Waals surface area contributed by atoms with Crippen LogP contribution in [-0.4, -0.2) is 73.4 Å². The molecular formula is C17H20F6N4O2. The number of benzene rings is 1. The number of carbonyl (C=O) groups is 2. The summed E-state index contributed by atoms with van der Waals surface area (Å²) in [4.78, 5) is 26.6. The van der Waals surface area contributed by atoms with Crippen molar-refractivity contribution in [2.45, 2.75) is 18.8 Å². The molecule has 0 spiro atoms. The quantitative estimate of drug-likeness (QED) is 0.728. The Balaban J connectivity index is 1.86. The average molecular weight is 426 g/mol. The molecule has 162 valence electrons. The first-order chi connectivity index (χ1) is 13.4. The molecule has 0 radical (unpaired) electrons. The Morgan fingerprint density at radius 2 is 1.55 bits per heavy atom. The second kappa shape index (κ2) is 9.33. The molecule has 1 aliphatic rings. The van der Waals surface area contributed by atoms with E-state index in [1.807, 2.05) is 0 Å². The summed E-state index contributed by atoms with van der Waals surface area (Å²) in [6.45, 7) is -1.75. The highest BCUT2D eigenvalue weighted by Crippen LogP contribution is 2.18. The fourth-order valence-corrected chi connectivity index (χ4v) is 2.78. The predicted octanol–water partition coefficient (Wildman–Crippen LogP) is 3.08. The lowest BCUT2D eigenvalue weighted by Crippen LogP contribution is -2.40. The molecule has 2 N–H and O–H groups in total. The van der Waals surface area contributed by atoms with Gasteiger partial charge < -0.3 is 15.5 Å². The molecule has 1 heterocycles. The monoisotopic (exact) mass is 426 g/mol. The van der Waals surface area contributed by atoms with Gasteiger partial charge in [0.25, 0.3) is 5.91 Å². The summed E-state index contributed by atoms with van der Waals surface area (Å²) >= 11 is 0. The normalized spacial score (nSPS) is 16.3. The summed E-state index contributed by atoms with van der Waals surface area (Å²) in [7, 11) is 0. The number of anilines is 1. The number of rotatable bonds is 4. The van der Waals surface area contributed by atoms with Crippen LogP contribution in [0.1, 0.15) is 16.8 Å². The molecule has 29 heavy (non-hydrogen) atoms. The number of carbonyl (C=O) groups excluding carboxylic acids is 2. The standard InChI is InChI=1S/C17H20F6N4O2/c18-16(19,20)10-24-14(28)12-2-4-13(5-3-12)25-15(29)27-7-1-6-26(8-9-27)11-17(21,22)23/h2-5H,1,6-11H2,(H,24,28)(H,25,29). The topological polar surface area (TPSA) is 64.7 Å². The zero-order chi connectivity index (χ0) is 21.7. The fraction of sp³-hybridized carbons (Fsp3) is 0.529. The molecule has 1 aliphatic heterocycles. The molecule has 0 saturated carbocycles. The molecule has 0 unspecified atom stereocenters. The van der Waals surface area contributed by atoms with Crippen LogP contribution in [0.3, 0.4) is 0 Å². The minimum absolute atomic E-state index is 0.00943. The van der Waals surface area contributed by atoms with Crippen molar-refractivity contribution < 1.29 is 35.9 Å². The van der Waals surface area contributed by atoms with E-state index in [1.54, 1.807) is 5.32 Å². The first kappa shape index (κ1) is 22.8. The van der Waals surface area contributed by atoms with Gasteiger partial charge in [0.05, 0.1) is 6.54 Å². The highest BCUT2D eigenvalue weighted by Gasteiger charge is 2.32.